The Morgan fingerprint density at radius 1 is 0.811 bits per heavy atom. The SMILES string of the molecule is CCOc1ccc(C(=O)OCCNC(=O)c2ccc3c(c2)S(=O)(=O)c2ccccc2C3=O)cc1OCC. The summed E-state index contributed by atoms with van der Waals surface area (Å²) >= 11 is 0. The molecular formula is C27H25NO8S. The van der Waals surface area contributed by atoms with Crippen molar-refractivity contribution in [2.24, 2.45) is 0 Å². The lowest BCUT2D eigenvalue weighted by atomic mass is 10.0. The fourth-order valence-corrected chi connectivity index (χ4v) is 5.57. The normalized spacial score (nSPS) is 13.2. The number of ether oxygens (including phenoxy) is 3. The van der Waals surface area contributed by atoms with Crippen molar-refractivity contribution in [1.29, 1.82) is 0 Å². The number of sulfone groups is 1. The lowest BCUT2D eigenvalue weighted by molar-refractivity contribution is 0.0502. The maximum Gasteiger partial charge on any atom is 0.338 e. The van der Waals surface area contributed by atoms with Gasteiger partial charge in [0.25, 0.3) is 5.91 Å². The molecule has 0 unspecified atom stereocenters. The number of esters is 1. The minimum Gasteiger partial charge on any atom is -0.490 e. The Bertz CT molecular complexity index is 1480. The van der Waals surface area contributed by atoms with E-state index in [1.807, 2.05) is 13.8 Å². The highest BCUT2D eigenvalue weighted by Gasteiger charge is 2.35. The molecule has 0 fully saturated rings. The van der Waals surface area contributed by atoms with Crippen LogP contribution < -0.4 is 14.8 Å². The molecule has 0 saturated heterocycles. The van der Waals surface area contributed by atoms with E-state index in [-0.39, 0.29) is 45.2 Å². The Morgan fingerprint density at radius 2 is 1.49 bits per heavy atom. The molecule has 0 aromatic heterocycles. The minimum absolute atomic E-state index is 0.00841. The maximum absolute atomic E-state index is 13.1. The maximum atomic E-state index is 13.1. The van der Waals surface area contributed by atoms with Crippen LogP contribution in [0.2, 0.25) is 0 Å². The lowest BCUT2D eigenvalue weighted by Gasteiger charge is -2.19. The molecule has 9 nitrogen and oxygen atoms in total. The van der Waals surface area contributed by atoms with Crippen LogP contribution in [0.3, 0.4) is 0 Å². The molecule has 0 atom stereocenters. The fourth-order valence-electron chi connectivity index (χ4n) is 3.90. The predicted octanol–water partition coefficient (Wildman–Crippen LogP) is 3.45. The third-order valence-corrected chi connectivity index (χ3v) is 7.45. The number of carbonyl (C=O) groups is 3. The van der Waals surface area contributed by atoms with Crippen molar-refractivity contribution in [3.05, 3.63) is 82.9 Å². The molecular weight excluding hydrogens is 498 g/mol. The minimum atomic E-state index is -3.96. The Morgan fingerprint density at radius 3 is 2.24 bits per heavy atom. The van der Waals surface area contributed by atoms with E-state index in [0.717, 1.165) is 0 Å². The van der Waals surface area contributed by atoms with Crippen LogP contribution in [0.15, 0.2) is 70.5 Å². The molecule has 1 N–H and O–H groups in total. The summed E-state index contributed by atoms with van der Waals surface area (Å²) in [7, 11) is -3.96. The molecule has 4 rings (SSSR count). The Hall–Kier alpha value is -4.18. The van der Waals surface area contributed by atoms with Gasteiger partial charge in [-0.3, -0.25) is 9.59 Å². The van der Waals surface area contributed by atoms with Crippen LogP contribution in [-0.4, -0.2) is 52.4 Å². The van der Waals surface area contributed by atoms with Crippen molar-refractivity contribution < 1.29 is 37.0 Å². The van der Waals surface area contributed by atoms with Gasteiger partial charge < -0.3 is 19.5 Å². The first-order valence-electron chi connectivity index (χ1n) is 11.7. The fraction of sp³-hybridized carbons (Fsp3) is 0.222. The first kappa shape index (κ1) is 25.9. The van der Waals surface area contributed by atoms with E-state index >= 15 is 0 Å². The van der Waals surface area contributed by atoms with E-state index in [0.29, 0.717) is 24.7 Å². The highest BCUT2D eigenvalue weighted by molar-refractivity contribution is 7.91. The van der Waals surface area contributed by atoms with Gasteiger partial charge in [-0.1, -0.05) is 12.1 Å². The van der Waals surface area contributed by atoms with Crippen LogP contribution in [0.4, 0.5) is 0 Å². The molecule has 37 heavy (non-hydrogen) atoms. The van der Waals surface area contributed by atoms with Crippen LogP contribution in [0.5, 0.6) is 11.5 Å². The second kappa shape index (κ2) is 10.8. The van der Waals surface area contributed by atoms with E-state index in [2.05, 4.69) is 5.32 Å². The third kappa shape index (κ3) is 5.19. The van der Waals surface area contributed by atoms with Crippen molar-refractivity contribution in [2.45, 2.75) is 23.6 Å². The van der Waals surface area contributed by atoms with Gasteiger partial charge in [0.1, 0.15) is 6.61 Å². The average Bonchev–Trinajstić information content (AvgIpc) is 2.90. The highest BCUT2D eigenvalue weighted by atomic mass is 32.2. The molecule has 0 bridgehead atoms. The Balaban J connectivity index is 1.39. The van der Waals surface area contributed by atoms with E-state index in [9.17, 15) is 22.8 Å². The second-order valence-electron chi connectivity index (χ2n) is 7.96. The number of benzene rings is 3. The molecule has 0 saturated carbocycles. The largest absolute Gasteiger partial charge is 0.490 e. The molecule has 1 aliphatic heterocycles. The van der Waals surface area contributed by atoms with Crippen molar-refractivity contribution >= 4 is 27.5 Å². The smallest absolute Gasteiger partial charge is 0.338 e. The molecule has 3 aromatic carbocycles. The van der Waals surface area contributed by atoms with E-state index < -0.39 is 27.5 Å². The van der Waals surface area contributed by atoms with E-state index in [1.54, 1.807) is 18.2 Å². The summed E-state index contributed by atoms with van der Waals surface area (Å²) < 4.78 is 42.3. The van der Waals surface area contributed by atoms with Gasteiger partial charge in [-0.25, -0.2) is 13.2 Å². The van der Waals surface area contributed by atoms with Crippen LogP contribution >= 0.6 is 0 Å². The molecule has 10 heteroatoms. The number of fused-ring (bicyclic) bond motifs is 2. The summed E-state index contributed by atoms with van der Waals surface area (Å²) in [6, 6.07) is 14.6. The molecule has 1 amide bonds. The lowest BCUT2D eigenvalue weighted by Crippen LogP contribution is -2.29. The van der Waals surface area contributed by atoms with E-state index in [1.165, 1.54) is 42.5 Å². The summed E-state index contributed by atoms with van der Waals surface area (Å²) in [5.41, 5.74) is 0.456. The van der Waals surface area contributed by atoms with Gasteiger partial charge in [0.05, 0.1) is 35.1 Å². The summed E-state index contributed by atoms with van der Waals surface area (Å²) in [5.74, 6) is -0.641. The molecule has 0 aliphatic carbocycles. The number of hydrogen-bond donors (Lipinski definition) is 1. The molecule has 0 radical (unpaired) electrons. The topological polar surface area (TPSA) is 125 Å². The van der Waals surface area contributed by atoms with Gasteiger partial charge in [0.15, 0.2) is 17.3 Å². The molecule has 1 aliphatic rings. The Kier molecular flexibility index (Phi) is 7.58. The zero-order valence-corrected chi connectivity index (χ0v) is 21.1. The van der Waals surface area contributed by atoms with Crippen molar-refractivity contribution in [1.82, 2.24) is 5.32 Å². The number of hydrogen-bond acceptors (Lipinski definition) is 8. The van der Waals surface area contributed by atoms with Crippen LogP contribution in [-0.2, 0) is 14.6 Å². The number of amides is 1. The van der Waals surface area contributed by atoms with Gasteiger partial charge >= 0.3 is 5.97 Å². The number of nitrogens with one attached hydrogen (secondary N) is 1. The second-order valence-corrected chi connectivity index (χ2v) is 9.85. The summed E-state index contributed by atoms with van der Waals surface area (Å²) in [6.45, 7) is 4.38. The van der Waals surface area contributed by atoms with Crippen LogP contribution in [0, 0.1) is 0 Å². The zero-order valence-electron chi connectivity index (χ0n) is 20.3. The molecule has 0 spiro atoms. The first-order valence-corrected chi connectivity index (χ1v) is 13.1. The van der Waals surface area contributed by atoms with Gasteiger partial charge in [-0.2, -0.15) is 0 Å². The van der Waals surface area contributed by atoms with Gasteiger partial charge in [0.2, 0.25) is 9.84 Å². The average molecular weight is 524 g/mol. The van der Waals surface area contributed by atoms with Gasteiger partial charge in [0, 0.05) is 16.7 Å². The standard InChI is InChI=1S/C27H25NO8S/c1-3-34-21-12-10-18(15-22(21)35-4-2)27(31)36-14-13-28-26(30)17-9-11-20-24(16-17)37(32,33)23-8-6-5-7-19(23)25(20)29/h5-12,15-16H,3-4,13-14H2,1-2H3,(H,28,30). The molecule has 3 aromatic rings. The number of carbonyl (C=O) groups excluding carboxylic acids is 3. The number of ketones is 1. The van der Waals surface area contributed by atoms with Crippen molar-refractivity contribution in [3.63, 3.8) is 0 Å². The van der Waals surface area contributed by atoms with E-state index in [4.69, 9.17) is 14.2 Å². The van der Waals surface area contributed by atoms with Crippen LogP contribution in [0.25, 0.3) is 0 Å². The van der Waals surface area contributed by atoms with Gasteiger partial charge in [-0.05, 0) is 62.4 Å². The van der Waals surface area contributed by atoms with Crippen molar-refractivity contribution in [3.8, 4) is 11.5 Å². The number of rotatable bonds is 9. The Labute approximate surface area is 214 Å². The highest BCUT2D eigenvalue weighted by Crippen LogP contribution is 2.34. The predicted molar refractivity (Wildman–Crippen MR) is 133 cm³/mol. The molecule has 192 valence electrons. The van der Waals surface area contributed by atoms with Gasteiger partial charge in [-0.15, -0.1) is 0 Å². The van der Waals surface area contributed by atoms with Crippen LogP contribution in [0.1, 0.15) is 50.5 Å². The third-order valence-electron chi connectivity index (χ3n) is 5.60. The zero-order chi connectivity index (χ0) is 26.6. The quantitative estimate of drug-likeness (QED) is 0.261. The summed E-state index contributed by atoms with van der Waals surface area (Å²) in [4.78, 5) is 37.5. The monoisotopic (exact) mass is 523 g/mol. The first-order chi connectivity index (χ1) is 17.8. The van der Waals surface area contributed by atoms with Crippen molar-refractivity contribution in [2.75, 3.05) is 26.4 Å². The molecule has 1 heterocycles. The summed E-state index contributed by atoms with van der Waals surface area (Å²) in [6.07, 6.45) is 0. The summed E-state index contributed by atoms with van der Waals surface area (Å²) in [5, 5.41) is 2.59.